The highest BCUT2D eigenvalue weighted by molar-refractivity contribution is 9.10. The first-order valence-electron chi connectivity index (χ1n) is 4.81. The monoisotopic (exact) mass is 258 g/mol. The van der Waals surface area contributed by atoms with Gasteiger partial charge < -0.3 is 9.88 Å². The zero-order valence-corrected chi connectivity index (χ0v) is 9.88. The second-order valence-corrected chi connectivity index (χ2v) is 3.92. The third kappa shape index (κ3) is 3.27. The molecule has 1 rings (SSSR count). The predicted octanol–water partition coefficient (Wildman–Crippen LogP) is 1.61. The molecular formula is C10H15BrN2O. The van der Waals surface area contributed by atoms with Crippen LogP contribution >= 0.6 is 15.9 Å². The van der Waals surface area contributed by atoms with Crippen LogP contribution in [0.15, 0.2) is 27.6 Å². The Morgan fingerprint density at radius 3 is 3.07 bits per heavy atom. The Bertz CT molecular complexity index is 335. The summed E-state index contributed by atoms with van der Waals surface area (Å²) in [5.41, 5.74) is 0.0454. The van der Waals surface area contributed by atoms with Gasteiger partial charge in [0.1, 0.15) is 0 Å². The first-order valence-corrected chi connectivity index (χ1v) is 5.60. The van der Waals surface area contributed by atoms with Gasteiger partial charge in [0.15, 0.2) is 0 Å². The first-order chi connectivity index (χ1) is 6.75. The van der Waals surface area contributed by atoms with E-state index in [2.05, 4.69) is 28.2 Å². The van der Waals surface area contributed by atoms with Crippen molar-refractivity contribution < 1.29 is 0 Å². The highest BCUT2D eigenvalue weighted by Gasteiger charge is 1.98. The van der Waals surface area contributed by atoms with Crippen LogP contribution in [-0.4, -0.2) is 17.7 Å². The number of aryl methyl sites for hydroxylation is 1. The van der Waals surface area contributed by atoms with Crippen molar-refractivity contribution in [3.8, 4) is 0 Å². The largest absolute Gasteiger partial charge is 0.317 e. The quantitative estimate of drug-likeness (QED) is 0.815. The molecule has 0 fully saturated rings. The average molecular weight is 259 g/mol. The molecule has 0 radical (unpaired) electrons. The molecule has 1 heterocycles. The van der Waals surface area contributed by atoms with Crippen LogP contribution in [0, 0.1) is 0 Å². The third-order valence-corrected chi connectivity index (χ3v) is 2.58. The Kier molecular flexibility index (Phi) is 4.90. The van der Waals surface area contributed by atoms with Crippen LogP contribution in [-0.2, 0) is 6.54 Å². The van der Waals surface area contributed by atoms with Gasteiger partial charge in [0.05, 0.1) is 4.47 Å². The minimum Gasteiger partial charge on any atom is -0.317 e. The Labute approximate surface area is 92.3 Å². The van der Waals surface area contributed by atoms with E-state index in [0.717, 1.165) is 26.1 Å². The molecular weight excluding hydrogens is 244 g/mol. The molecule has 0 amide bonds. The van der Waals surface area contributed by atoms with E-state index in [1.54, 1.807) is 10.6 Å². The van der Waals surface area contributed by atoms with E-state index in [-0.39, 0.29) is 5.56 Å². The summed E-state index contributed by atoms with van der Waals surface area (Å²) in [5, 5.41) is 3.23. The van der Waals surface area contributed by atoms with Crippen molar-refractivity contribution in [3.05, 3.63) is 33.2 Å². The number of rotatable bonds is 5. The molecule has 0 saturated heterocycles. The van der Waals surface area contributed by atoms with Gasteiger partial charge in [0.2, 0.25) is 0 Å². The van der Waals surface area contributed by atoms with Crippen molar-refractivity contribution in [3.63, 3.8) is 0 Å². The Morgan fingerprint density at radius 1 is 1.57 bits per heavy atom. The molecule has 4 heteroatoms. The second-order valence-electron chi connectivity index (χ2n) is 3.06. The lowest BCUT2D eigenvalue weighted by Crippen LogP contribution is -2.22. The van der Waals surface area contributed by atoms with Gasteiger partial charge in [-0.1, -0.05) is 6.92 Å². The van der Waals surface area contributed by atoms with Crippen LogP contribution in [0.5, 0.6) is 0 Å². The van der Waals surface area contributed by atoms with Crippen LogP contribution in [0.3, 0.4) is 0 Å². The highest BCUT2D eigenvalue weighted by atomic mass is 79.9. The van der Waals surface area contributed by atoms with Crippen molar-refractivity contribution in [2.75, 3.05) is 13.1 Å². The van der Waals surface area contributed by atoms with E-state index in [9.17, 15) is 4.79 Å². The number of halogens is 1. The van der Waals surface area contributed by atoms with Crippen LogP contribution in [0.2, 0.25) is 0 Å². The topological polar surface area (TPSA) is 34.0 Å². The van der Waals surface area contributed by atoms with Crippen molar-refractivity contribution in [2.24, 2.45) is 0 Å². The number of aromatic nitrogens is 1. The van der Waals surface area contributed by atoms with Gasteiger partial charge in [-0.2, -0.15) is 0 Å². The standard InChI is InChI=1S/C10H15BrN2O/c1-2-12-6-4-8-13-7-3-5-9(11)10(13)14/h3,5,7,12H,2,4,6,8H2,1H3. The Hall–Kier alpha value is -0.610. The molecule has 0 bridgehead atoms. The number of hydrogen-bond donors (Lipinski definition) is 1. The van der Waals surface area contributed by atoms with Crippen LogP contribution in [0.4, 0.5) is 0 Å². The van der Waals surface area contributed by atoms with Crippen molar-refractivity contribution in [1.82, 2.24) is 9.88 Å². The van der Waals surface area contributed by atoms with Gasteiger partial charge in [-0.05, 0) is 47.6 Å². The molecule has 1 N–H and O–H groups in total. The summed E-state index contributed by atoms with van der Waals surface area (Å²) >= 11 is 3.22. The number of nitrogens with one attached hydrogen (secondary N) is 1. The maximum Gasteiger partial charge on any atom is 0.264 e. The predicted molar refractivity (Wildman–Crippen MR) is 61.6 cm³/mol. The minimum atomic E-state index is 0.0454. The molecule has 0 aliphatic carbocycles. The van der Waals surface area contributed by atoms with Crippen LogP contribution in [0.1, 0.15) is 13.3 Å². The maximum absolute atomic E-state index is 11.5. The van der Waals surface area contributed by atoms with Gasteiger partial charge >= 0.3 is 0 Å². The molecule has 14 heavy (non-hydrogen) atoms. The molecule has 0 aromatic carbocycles. The highest BCUT2D eigenvalue weighted by Crippen LogP contribution is 2.00. The molecule has 0 aliphatic heterocycles. The molecule has 78 valence electrons. The van der Waals surface area contributed by atoms with E-state index in [0.29, 0.717) is 4.47 Å². The number of nitrogens with zero attached hydrogens (tertiary/aromatic N) is 1. The van der Waals surface area contributed by atoms with Gasteiger partial charge in [-0.3, -0.25) is 4.79 Å². The summed E-state index contributed by atoms with van der Waals surface area (Å²) in [6.07, 6.45) is 2.79. The maximum atomic E-state index is 11.5. The zero-order chi connectivity index (χ0) is 10.4. The van der Waals surface area contributed by atoms with Crippen molar-refractivity contribution in [1.29, 1.82) is 0 Å². The summed E-state index contributed by atoms with van der Waals surface area (Å²) in [6.45, 7) is 4.78. The summed E-state index contributed by atoms with van der Waals surface area (Å²) < 4.78 is 2.35. The molecule has 1 aromatic rings. The molecule has 1 aromatic heterocycles. The van der Waals surface area contributed by atoms with Gasteiger partial charge in [-0.15, -0.1) is 0 Å². The molecule has 0 unspecified atom stereocenters. The lowest BCUT2D eigenvalue weighted by atomic mass is 10.4. The average Bonchev–Trinajstić information content (AvgIpc) is 2.19. The van der Waals surface area contributed by atoms with E-state index >= 15 is 0 Å². The van der Waals surface area contributed by atoms with Gasteiger partial charge in [0.25, 0.3) is 5.56 Å². The SMILES string of the molecule is CCNCCCn1cccc(Br)c1=O. The lowest BCUT2D eigenvalue weighted by Gasteiger charge is -2.05. The fourth-order valence-electron chi connectivity index (χ4n) is 1.23. The smallest absolute Gasteiger partial charge is 0.264 e. The first kappa shape index (κ1) is 11.5. The normalized spacial score (nSPS) is 10.4. The van der Waals surface area contributed by atoms with Gasteiger partial charge in [-0.25, -0.2) is 0 Å². The number of pyridine rings is 1. The summed E-state index contributed by atoms with van der Waals surface area (Å²) in [4.78, 5) is 11.5. The Morgan fingerprint density at radius 2 is 2.36 bits per heavy atom. The number of hydrogen-bond acceptors (Lipinski definition) is 2. The van der Waals surface area contributed by atoms with Gasteiger partial charge in [0, 0.05) is 12.7 Å². The van der Waals surface area contributed by atoms with Crippen molar-refractivity contribution in [2.45, 2.75) is 19.9 Å². The summed E-state index contributed by atoms with van der Waals surface area (Å²) in [5.74, 6) is 0. The molecule has 3 nitrogen and oxygen atoms in total. The zero-order valence-electron chi connectivity index (χ0n) is 8.29. The minimum absolute atomic E-state index is 0.0454. The van der Waals surface area contributed by atoms with E-state index in [1.165, 1.54) is 0 Å². The molecule has 0 atom stereocenters. The second kappa shape index (κ2) is 5.98. The van der Waals surface area contributed by atoms with Crippen LogP contribution < -0.4 is 10.9 Å². The Balaban J connectivity index is 2.51. The molecule has 0 aliphatic rings. The fourth-order valence-corrected chi connectivity index (χ4v) is 1.62. The van der Waals surface area contributed by atoms with E-state index in [4.69, 9.17) is 0 Å². The fraction of sp³-hybridized carbons (Fsp3) is 0.500. The van der Waals surface area contributed by atoms with Crippen LogP contribution in [0.25, 0.3) is 0 Å². The third-order valence-electron chi connectivity index (χ3n) is 1.98. The summed E-state index contributed by atoms with van der Waals surface area (Å²) in [7, 11) is 0. The molecule has 0 saturated carbocycles. The van der Waals surface area contributed by atoms with E-state index < -0.39 is 0 Å². The molecule has 0 spiro atoms. The summed E-state index contributed by atoms with van der Waals surface area (Å²) in [6, 6.07) is 3.64. The van der Waals surface area contributed by atoms with E-state index in [1.807, 2.05) is 12.3 Å². The van der Waals surface area contributed by atoms with Crippen molar-refractivity contribution >= 4 is 15.9 Å². The lowest BCUT2D eigenvalue weighted by molar-refractivity contribution is 0.579.